The standard InChI is InChI=1S/C22H29N7O2/c23-11-17-18-13-27(14-19(17)18)12-15-1-3-16(4-2-15)29-8-5-20(26-22(29)31)25-21(30)28-9-6-24-7-10-28/h1-5,8,17-19,24H,6-7,9-14,23H2,(H,25,26,30,31)/t17?,18-,19+. The molecule has 2 aromatic rings. The first-order valence-corrected chi connectivity index (χ1v) is 11.0. The second-order valence-electron chi connectivity index (χ2n) is 8.72. The number of nitrogens with zero attached hydrogens (tertiary/aromatic N) is 4. The quantitative estimate of drug-likeness (QED) is 0.639. The Bertz CT molecular complexity index is 988. The third-order valence-electron chi connectivity index (χ3n) is 6.78. The average Bonchev–Trinajstić information content (AvgIpc) is 3.27. The summed E-state index contributed by atoms with van der Waals surface area (Å²) < 4.78 is 1.49. The lowest BCUT2D eigenvalue weighted by molar-refractivity contribution is 0.204. The minimum atomic E-state index is -0.418. The van der Waals surface area contributed by atoms with Crippen molar-refractivity contribution < 1.29 is 4.79 Å². The van der Waals surface area contributed by atoms with Crippen LogP contribution in [-0.2, 0) is 6.54 Å². The number of nitrogens with two attached hydrogens (primary N) is 1. The molecule has 164 valence electrons. The van der Waals surface area contributed by atoms with E-state index in [1.165, 1.54) is 10.1 Å². The van der Waals surface area contributed by atoms with Gasteiger partial charge in [-0.15, -0.1) is 0 Å². The molecule has 31 heavy (non-hydrogen) atoms. The number of fused-ring (bicyclic) bond motifs is 1. The van der Waals surface area contributed by atoms with Crippen LogP contribution in [0.2, 0.25) is 0 Å². The Morgan fingerprint density at radius 2 is 1.84 bits per heavy atom. The average molecular weight is 424 g/mol. The minimum absolute atomic E-state index is 0.229. The van der Waals surface area contributed by atoms with Gasteiger partial charge in [0.15, 0.2) is 0 Å². The van der Waals surface area contributed by atoms with E-state index in [9.17, 15) is 9.59 Å². The molecule has 3 heterocycles. The molecule has 1 aromatic carbocycles. The summed E-state index contributed by atoms with van der Waals surface area (Å²) in [4.78, 5) is 33.0. The zero-order valence-electron chi connectivity index (χ0n) is 17.5. The molecule has 2 aliphatic heterocycles. The summed E-state index contributed by atoms with van der Waals surface area (Å²) in [6.45, 7) is 6.84. The lowest BCUT2D eigenvalue weighted by atomic mass is 10.1. The van der Waals surface area contributed by atoms with E-state index >= 15 is 0 Å². The molecular formula is C22H29N7O2. The van der Waals surface area contributed by atoms with E-state index in [0.717, 1.165) is 62.7 Å². The number of nitrogens with one attached hydrogen (secondary N) is 2. The van der Waals surface area contributed by atoms with Gasteiger partial charge in [0.2, 0.25) is 0 Å². The third kappa shape index (κ3) is 4.21. The van der Waals surface area contributed by atoms with Gasteiger partial charge in [0.05, 0.1) is 5.69 Å². The lowest BCUT2D eigenvalue weighted by Crippen LogP contribution is -2.48. The van der Waals surface area contributed by atoms with Crippen LogP contribution in [0.4, 0.5) is 10.6 Å². The van der Waals surface area contributed by atoms with Crippen molar-refractivity contribution in [3.63, 3.8) is 0 Å². The SMILES string of the molecule is NCC1[C@H]2CN(Cc3ccc(-n4ccc(NC(=O)N5CCNCC5)nc4=O)cc3)C[C@@H]12. The molecule has 2 saturated heterocycles. The summed E-state index contributed by atoms with van der Waals surface area (Å²) in [5.74, 6) is 2.59. The van der Waals surface area contributed by atoms with Crippen LogP contribution in [-0.4, -0.2) is 71.2 Å². The maximum absolute atomic E-state index is 12.5. The number of rotatable bonds is 5. The predicted molar refractivity (Wildman–Crippen MR) is 118 cm³/mol. The Balaban J connectivity index is 1.20. The molecule has 3 fully saturated rings. The summed E-state index contributed by atoms with van der Waals surface area (Å²) >= 11 is 0. The largest absolute Gasteiger partial charge is 0.354 e. The van der Waals surface area contributed by atoms with Crippen LogP contribution >= 0.6 is 0 Å². The van der Waals surface area contributed by atoms with E-state index in [2.05, 4.69) is 32.7 Å². The normalized spacial score (nSPS) is 25.3. The van der Waals surface area contributed by atoms with Crippen LogP contribution in [0.25, 0.3) is 5.69 Å². The summed E-state index contributed by atoms with van der Waals surface area (Å²) in [6, 6.07) is 9.43. The summed E-state index contributed by atoms with van der Waals surface area (Å²) in [6.07, 6.45) is 1.65. The Labute approximate surface area is 181 Å². The highest BCUT2D eigenvalue weighted by atomic mass is 16.2. The van der Waals surface area contributed by atoms with Gasteiger partial charge in [-0.05, 0) is 48.1 Å². The first-order valence-electron chi connectivity index (χ1n) is 11.0. The fourth-order valence-corrected chi connectivity index (χ4v) is 4.96. The van der Waals surface area contributed by atoms with Crippen LogP contribution < -0.4 is 22.1 Å². The molecule has 9 nitrogen and oxygen atoms in total. The van der Waals surface area contributed by atoms with Crippen LogP contribution in [0.1, 0.15) is 5.56 Å². The number of piperidine rings is 1. The third-order valence-corrected chi connectivity index (χ3v) is 6.78. The number of likely N-dealkylation sites (tertiary alicyclic amines) is 1. The number of anilines is 1. The van der Waals surface area contributed by atoms with E-state index in [1.54, 1.807) is 17.2 Å². The van der Waals surface area contributed by atoms with E-state index in [4.69, 9.17) is 5.73 Å². The zero-order valence-corrected chi connectivity index (χ0v) is 17.5. The Hall–Kier alpha value is -2.75. The highest BCUT2D eigenvalue weighted by Gasteiger charge is 2.54. The van der Waals surface area contributed by atoms with Gasteiger partial charge in [-0.3, -0.25) is 14.8 Å². The maximum atomic E-state index is 12.5. The van der Waals surface area contributed by atoms with Gasteiger partial charge in [-0.25, -0.2) is 9.59 Å². The molecule has 3 aliphatic rings. The maximum Gasteiger partial charge on any atom is 0.354 e. The highest BCUT2D eigenvalue weighted by molar-refractivity contribution is 5.88. The van der Waals surface area contributed by atoms with Crippen LogP contribution in [0.3, 0.4) is 0 Å². The lowest BCUT2D eigenvalue weighted by Gasteiger charge is -2.27. The van der Waals surface area contributed by atoms with Crippen molar-refractivity contribution in [1.82, 2.24) is 24.7 Å². The smallest absolute Gasteiger partial charge is 0.330 e. The molecule has 5 rings (SSSR count). The second-order valence-corrected chi connectivity index (χ2v) is 8.72. The first kappa shape index (κ1) is 20.2. The van der Waals surface area contributed by atoms with E-state index in [-0.39, 0.29) is 11.8 Å². The van der Waals surface area contributed by atoms with E-state index < -0.39 is 5.69 Å². The predicted octanol–water partition coefficient (Wildman–Crippen LogP) is 0.306. The number of carbonyl (C=O) groups excluding carboxylic acids is 1. The van der Waals surface area contributed by atoms with Crippen LogP contribution in [0.5, 0.6) is 0 Å². The minimum Gasteiger partial charge on any atom is -0.330 e. The summed E-state index contributed by atoms with van der Waals surface area (Å²) in [5, 5.41) is 5.92. The fourth-order valence-electron chi connectivity index (χ4n) is 4.96. The molecule has 3 atom stereocenters. The fraction of sp³-hybridized carbons (Fsp3) is 0.500. The molecule has 9 heteroatoms. The first-order chi connectivity index (χ1) is 15.1. The van der Waals surface area contributed by atoms with Gasteiger partial charge in [0.25, 0.3) is 0 Å². The number of aromatic nitrogens is 2. The molecule has 1 aliphatic carbocycles. The Morgan fingerprint density at radius 1 is 1.13 bits per heavy atom. The molecule has 1 unspecified atom stereocenters. The highest BCUT2D eigenvalue weighted by Crippen LogP contribution is 2.51. The molecular weight excluding hydrogens is 394 g/mol. The van der Waals surface area contributed by atoms with Crippen molar-refractivity contribution in [3.8, 4) is 5.69 Å². The van der Waals surface area contributed by atoms with Crippen molar-refractivity contribution in [2.45, 2.75) is 6.54 Å². The number of hydrogen-bond acceptors (Lipinski definition) is 6. The summed E-state index contributed by atoms with van der Waals surface area (Å²) in [7, 11) is 0. The van der Waals surface area contributed by atoms with Crippen molar-refractivity contribution in [3.05, 3.63) is 52.6 Å². The van der Waals surface area contributed by atoms with Gasteiger partial charge >= 0.3 is 11.7 Å². The number of urea groups is 1. The van der Waals surface area contributed by atoms with E-state index in [1.807, 2.05) is 12.1 Å². The number of benzene rings is 1. The molecule has 2 amide bonds. The Morgan fingerprint density at radius 3 is 2.48 bits per heavy atom. The van der Waals surface area contributed by atoms with Gasteiger partial charge in [0, 0.05) is 52.0 Å². The number of carbonyl (C=O) groups is 1. The molecule has 0 bridgehead atoms. The van der Waals surface area contributed by atoms with E-state index in [0.29, 0.717) is 13.1 Å². The van der Waals surface area contributed by atoms with Crippen molar-refractivity contribution in [2.24, 2.45) is 23.5 Å². The molecule has 0 radical (unpaired) electrons. The van der Waals surface area contributed by atoms with Crippen molar-refractivity contribution >= 4 is 11.8 Å². The second kappa shape index (κ2) is 8.41. The Kier molecular flexibility index (Phi) is 5.47. The van der Waals surface area contributed by atoms with Gasteiger partial charge < -0.3 is 16.0 Å². The van der Waals surface area contributed by atoms with Crippen LogP contribution in [0, 0.1) is 17.8 Å². The monoisotopic (exact) mass is 423 g/mol. The molecule has 1 aromatic heterocycles. The number of hydrogen-bond donors (Lipinski definition) is 3. The molecule has 4 N–H and O–H groups in total. The van der Waals surface area contributed by atoms with Gasteiger partial charge in [-0.1, -0.05) is 12.1 Å². The van der Waals surface area contributed by atoms with Gasteiger partial charge in [-0.2, -0.15) is 4.98 Å². The van der Waals surface area contributed by atoms with Crippen LogP contribution in [0.15, 0.2) is 41.3 Å². The van der Waals surface area contributed by atoms with Gasteiger partial charge in [0.1, 0.15) is 5.82 Å². The molecule has 0 spiro atoms. The summed E-state index contributed by atoms with van der Waals surface area (Å²) in [5.41, 5.74) is 7.37. The number of amides is 2. The molecule has 1 saturated carbocycles. The van der Waals surface area contributed by atoms with Crippen molar-refractivity contribution in [2.75, 3.05) is 51.1 Å². The zero-order chi connectivity index (χ0) is 21.4. The topological polar surface area (TPSA) is 109 Å². The van der Waals surface area contributed by atoms with Crippen molar-refractivity contribution in [1.29, 1.82) is 0 Å². The number of piperazine rings is 1.